The minimum atomic E-state index is -0.624. The molecule has 0 aromatic carbocycles. The summed E-state index contributed by atoms with van der Waals surface area (Å²) in [6, 6.07) is -0.527. The van der Waals surface area contributed by atoms with Crippen molar-refractivity contribution in [1.82, 2.24) is 10.6 Å². The molecule has 4 N–H and O–H groups in total. The zero-order chi connectivity index (χ0) is 12.9. The van der Waals surface area contributed by atoms with E-state index in [0.29, 0.717) is 0 Å². The Morgan fingerprint density at radius 1 is 1.31 bits per heavy atom. The van der Waals surface area contributed by atoms with Crippen molar-refractivity contribution in [3.05, 3.63) is 0 Å². The van der Waals surface area contributed by atoms with Crippen LogP contribution in [0.3, 0.4) is 0 Å². The van der Waals surface area contributed by atoms with Crippen LogP contribution in [0.2, 0.25) is 0 Å². The van der Waals surface area contributed by atoms with Crippen LogP contribution < -0.4 is 16.4 Å². The Kier molecular flexibility index (Phi) is 5.44. The summed E-state index contributed by atoms with van der Waals surface area (Å²) in [6.07, 6.45) is 0. The van der Waals surface area contributed by atoms with Gasteiger partial charge in [-0.1, -0.05) is 13.8 Å². The number of amides is 2. The summed E-state index contributed by atoms with van der Waals surface area (Å²) in [5, 5.41) is 5.25. The molecule has 0 aliphatic carbocycles. The summed E-state index contributed by atoms with van der Waals surface area (Å²) in [7, 11) is 1.58. The van der Waals surface area contributed by atoms with E-state index < -0.39 is 11.5 Å². The third-order valence-electron chi connectivity index (χ3n) is 2.57. The van der Waals surface area contributed by atoms with Crippen molar-refractivity contribution in [2.24, 2.45) is 17.1 Å². The van der Waals surface area contributed by atoms with E-state index in [1.807, 2.05) is 13.8 Å². The maximum atomic E-state index is 11.6. The molecule has 0 spiro atoms. The number of carbonyl (C=O) groups is 2. The predicted octanol–water partition coefficient (Wildman–Crippen LogP) is -0.142. The molecule has 0 unspecified atom stereocenters. The van der Waals surface area contributed by atoms with Gasteiger partial charge in [0.15, 0.2) is 0 Å². The summed E-state index contributed by atoms with van der Waals surface area (Å²) in [5.74, 6) is -0.235. The van der Waals surface area contributed by atoms with Crippen molar-refractivity contribution in [3.8, 4) is 0 Å². The average Bonchev–Trinajstić information content (AvgIpc) is 2.23. The van der Waals surface area contributed by atoms with E-state index in [1.54, 1.807) is 20.9 Å². The van der Waals surface area contributed by atoms with Crippen molar-refractivity contribution < 1.29 is 9.59 Å². The Balaban J connectivity index is 4.25. The van der Waals surface area contributed by atoms with Crippen molar-refractivity contribution in [2.75, 3.05) is 13.6 Å². The van der Waals surface area contributed by atoms with Gasteiger partial charge in [-0.2, -0.15) is 0 Å². The van der Waals surface area contributed by atoms with Gasteiger partial charge in [0, 0.05) is 13.6 Å². The molecule has 16 heavy (non-hydrogen) atoms. The van der Waals surface area contributed by atoms with Gasteiger partial charge < -0.3 is 16.4 Å². The fraction of sp³-hybridized carbons (Fsp3) is 0.818. The van der Waals surface area contributed by atoms with Gasteiger partial charge in [-0.25, -0.2) is 0 Å². The molecular formula is C11H23N3O2. The normalized spacial score (nSPS) is 13.4. The molecule has 0 aromatic heterocycles. The van der Waals surface area contributed by atoms with Gasteiger partial charge in [0.2, 0.25) is 11.8 Å². The molecule has 0 fully saturated rings. The SMILES string of the molecule is CNC(=O)C(C)(C)CNC(=O)[C@H](N)C(C)C. The molecule has 0 bridgehead atoms. The molecule has 0 aromatic rings. The molecule has 94 valence electrons. The van der Waals surface area contributed by atoms with E-state index in [0.717, 1.165) is 0 Å². The van der Waals surface area contributed by atoms with Crippen molar-refractivity contribution in [3.63, 3.8) is 0 Å². The lowest BCUT2D eigenvalue weighted by Crippen LogP contribution is -2.49. The number of nitrogens with two attached hydrogens (primary N) is 1. The van der Waals surface area contributed by atoms with Gasteiger partial charge >= 0.3 is 0 Å². The zero-order valence-electron chi connectivity index (χ0n) is 10.8. The number of rotatable bonds is 5. The lowest BCUT2D eigenvalue weighted by Gasteiger charge is -2.24. The van der Waals surface area contributed by atoms with Crippen LogP contribution in [0.5, 0.6) is 0 Å². The predicted molar refractivity (Wildman–Crippen MR) is 63.7 cm³/mol. The third kappa shape index (κ3) is 4.18. The first kappa shape index (κ1) is 14.9. The molecular weight excluding hydrogens is 206 g/mol. The molecule has 0 heterocycles. The largest absolute Gasteiger partial charge is 0.359 e. The molecule has 2 amide bonds. The Labute approximate surface area is 97.2 Å². The average molecular weight is 229 g/mol. The highest BCUT2D eigenvalue weighted by atomic mass is 16.2. The van der Waals surface area contributed by atoms with Gasteiger partial charge in [0.1, 0.15) is 0 Å². The number of hydrogen-bond acceptors (Lipinski definition) is 3. The molecule has 0 aliphatic rings. The third-order valence-corrected chi connectivity index (χ3v) is 2.57. The second kappa shape index (κ2) is 5.84. The van der Waals surface area contributed by atoms with Crippen molar-refractivity contribution >= 4 is 11.8 Å². The van der Waals surface area contributed by atoms with Crippen LogP contribution >= 0.6 is 0 Å². The van der Waals surface area contributed by atoms with E-state index in [2.05, 4.69) is 10.6 Å². The van der Waals surface area contributed by atoms with Crippen LogP contribution in [0.25, 0.3) is 0 Å². The Morgan fingerprint density at radius 2 is 1.81 bits per heavy atom. The lowest BCUT2D eigenvalue weighted by molar-refractivity contribution is -0.129. The van der Waals surface area contributed by atoms with Crippen LogP contribution in [0.1, 0.15) is 27.7 Å². The molecule has 0 radical (unpaired) electrons. The van der Waals surface area contributed by atoms with Gasteiger partial charge in [-0.05, 0) is 19.8 Å². The number of nitrogens with one attached hydrogen (secondary N) is 2. The highest BCUT2D eigenvalue weighted by Gasteiger charge is 2.28. The van der Waals surface area contributed by atoms with Gasteiger partial charge in [0.05, 0.1) is 11.5 Å². The van der Waals surface area contributed by atoms with E-state index in [1.165, 1.54) is 0 Å². The summed E-state index contributed by atoms with van der Waals surface area (Å²) < 4.78 is 0. The molecule has 5 nitrogen and oxygen atoms in total. The Bertz CT molecular complexity index is 262. The first-order valence-corrected chi connectivity index (χ1v) is 5.48. The topological polar surface area (TPSA) is 84.2 Å². The molecule has 5 heteroatoms. The van der Waals surface area contributed by atoms with E-state index in [9.17, 15) is 9.59 Å². The van der Waals surface area contributed by atoms with Crippen LogP contribution in [0.15, 0.2) is 0 Å². The highest BCUT2D eigenvalue weighted by Crippen LogP contribution is 2.13. The van der Waals surface area contributed by atoms with E-state index >= 15 is 0 Å². The lowest BCUT2D eigenvalue weighted by atomic mass is 9.92. The smallest absolute Gasteiger partial charge is 0.237 e. The highest BCUT2D eigenvalue weighted by molar-refractivity contribution is 5.84. The zero-order valence-corrected chi connectivity index (χ0v) is 10.8. The van der Waals surface area contributed by atoms with E-state index in [-0.39, 0.29) is 24.3 Å². The Morgan fingerprint density at radius 3 is 2.19 bits per heavy atom. The summed E-state index contributed by atoms with van der Waals surface area (Å²) in [6.45, 7) is 7.59. The Hall–Kier alpha value is -1.10. The maximum Gasteiger partial charge on any atom is 0.237 e. The standard InChI is InChI=1S/C11H23N3O2/c1-7(2)8(12)9(15)14-6-11(3,4)10(16)13-5/h7-8H,6,12H2,1-5H3,(H,13,16)(H,14,15)/t8-/m1/s1. The minimum absolute atomic E-state index is 0.0862. The van der Waals surface area contributed by atoms with Crippen LogP contribution in [0, 0.1) is 11.3 Å². The maximum absolute atomic E-state index is 11.6. The molecule has 0 saturated carbocycles. The minimum Gasteiger partial charge on any atom is -0.359 e. The fourth-order valence-electron chi connectivity index (χ4n) is 1.15. The fourth-order valence-corrected chi connectivity index (χ4v) is 1.15. The van der Waals surface area contributed by atoms with Gasteiger partial charge in [-0.3, -0.25) is 9.59 Å². The van der Waals surface area contributed by atoms with Gasteiger partial charge in [0.25, 0.3) is 0 Å². The molecule has 1 atom stereocenters. The second-order valence-corrected chi connectivity index (χ2v) is 4.95. The summed E-state index contributed by atoms with van der Waals surface area (Å²) in [5.41, 5.74) is 5.06. The molecule has 0 aliphatic heterocycles. The monoisotopic (exact) mass is 229 g/mol. The molecule has 0 saturated heterocycles. The first-order valence-electron chi connectivity index (χ1n) is 5.48. The first-order chi connectivity index (χ1) is 7.22. The second-order valence-electron chi connectivity index (χ2n) is 4.95. The number of hydrogen-bond donors (Lipinski definition) is 3. The van der Waals surface area contributed by atoms with Crippen LogP contribution in [0.4, 0.5) is 0 Å². The summed E-state index contributed by atoms with van der Waals surface area (Å²) >= 11 is 0. The van der Waals surface area contributed by atoms with Crippen LogP contribution in [-0.2, 0) is 9.59 Å². The van der Waals surface area contributed by atoms with Crippen molar-refractivity contribution in [1.29, 1.82) is 0 Å². The van der Waals surface area contributed by atoms with E-state index in [4.69, 9.17) is 5.73 Å². The van der Waals surface area contributed by atoms with Gasteiger partial charge in [-0.15, -0.1) is 0 Å². The summed E-state index contributed by atoms with van der Waals surface area (Å²) in [4.78, 5) is 23.0. The number of carbonyl (C=O) groups excluding carboxylic acids is 2. The van der Waals surface area contributed by atoms with Crippen LogP contribution in [-0.4, -0.2) is 31.4 Å². The quantitative estimate of drug-likeness (QED) is 0.613. The van der Waals surface area contributed by atoms with Crippen molar-refractivity contribution in [2.45, 2.75) is 33.7 Å². The molecule has 0 rings (SSSR count).